The molecule has 0 spiro atoms. The number of benzene rings is 1. The SMILES string of the molecule is O=C(NCc1cn2cc(Br)ccc2n1)c1ccc([N+](=O)[O-])cc1. The molecule has 0 aliphatic rings. The van der Waals surface area contributed by atoms with Crippen LogP contribution in [0.25, 0.3) is 5.65 Å². The molecule has 2 heterocycles. The van der Waals surface area contributed by atoms with E-state index >= 15 is 0 Å². The summed E-state index contributed by atoms with van der Waals surface area (Å²) in [5.74, 6) is -0.307. The van der Waals surface area contributed by atoms with Crippen molar-refractivity contribution in [2.75, 3.05) is 0 Å². The van der Waals surface area contributed by atoms with Crippen molar-refractivity contribution in [3.63, 3.8) is 0 Å². The largest absolute Gasteiger partial charge is 0.346 e. The standard InChI is InChI=1S/C15H11BrN4O3/c16-11-3-6-14-18-12(9-19(14)8-11)7-17-15(21)10-1-4-13(5-2-10)20(22)23/h1-6,8-9H,7H2,(H,17,21). The van der Waals surface area contributed by atoms with Crippen LogP contribution in [0.2, 0.25) is 0 Å². The maximum Gasteiger partial charge on any atom is 0.269 e. The zero-order chi connectivity index (χ0) is 16.4. The van der Waals surface area contributed by atoms with Crippen LogP contribution in [0.1, 0.15) is 16.1 Å². The molecular formula is C15H11BrN4O3. The summed E-state index contributed by atoms with van der Waals surface area (Å²) in [4.78, 5) is 26.5. The van der Waals surface area contributed by atoms with Crippen molar-refractivity contribution in [2.24, 2.45) is 0 Å². The third-order valence-corrected chi connectivity index (χ3v) is 3.70. The Morgan fingerprint density at radius 1 is 1.22 bits per heavy atom. The van der Waals surface area contributed by atoms with E-state index < -0.39 is 4.92 Å². The molecule has 23 heavy (non-hydrogen) atoms. The molecule has 3 rings (SSSR count). The lowest BCUT2D eigenvalue weighted by atomic mass is 10.2. The monoisotopic (exact) mass is 374 g/mol. The van der Waals surface area contributed by atoms with E-state index in [0.717, 1.165) is 15.8 Å². The number of carbonyl (C=O) groups is 1. The summed E-state index contributed by atoms with van der Waals surface area (Å²) in [5, 5.41) is 13.3. The van der Waals surface area contributed by atoms with Crippen LogP contribution in [-0.4, -0.2) is 20.2 Å². The molecular weight excluding hydrogens is 364 g/mol. The first-order valence-electron chi connectivity index (χ1n) is 6.69. The van der Waals surface area contributed by atoms with Crippen molar-refractivity contribution in [1.29, 1.82) is 0 Å². The number of pyridine rings is 1. The number of amides is 1. The smallest absolute Gasteiger partial charge is 0.269 e. The lowest BCUT2D eigenvalue weighted by Gasteiger charge is -2.02. The number of imidazole rings is 1. The van der Waals surface area contributed by atoms with Crippen LogP contribution in [0.3, 0.4) is 0 Å². The van der Waals surface area contributed by atoms with Crippen molar-refractivity contribution in [1.82, 2.24) is 14.7 Å². The van der Waals surface area contributed by atoms with Gasteiger partial charge in [-0.25, -0.2) is 4.98 Å². The number of rotatable bonds is 4. The minimum Gasteiger partial charge on any atom is -0.346 e. The van der Waals surface area contributed by atoms with Crippen LogP contribution in [0.4, 0.5) is 5.69 Å². The molecule has 0 unspecified atom stereocenters. The zero-order valence-electron chi connectivity index (χ0n) is 11.8. The van der Waals surface area contributed by atoms with Gasteiger partial charge in [0.1, 0.15) is 5.65 Å². The lowest BCUT2D eigenvalue weighted by Crippen LogP contribution is -2.22. The van der Waals surface area contributed by atoms with Crippen LogP contribution in [0, 0.1) is 10.1 Å². The Labute approximate surface area is 139 Å². The molecule has 116 valence electrons. The van der Waals surface area contributed by atoms with Crippen molar-refractivity contribution >= 4 is 33.2 Å². The van der Waals surface area contributed by atoms with E-state index in [1.807, 2.05) is 28.9 Å². The van der Waals surface area contributed by atoms with Crippen LogP contribution in [0.15, 0.2) is 53.3 Å². The van der Waals surface area contributed by atoms with Crippen molar-refractivity contribution in [3.05, 3.63) is 74.6 Å². The van der Waals surface area contributed by atoms with Gasteiger partial charge in [0.25, 0.3) is 11.6 Å². The van der Waals surface area contributed by atoms with Crippen molar-refractivity contribution in [3.8, 4) is 0 Å². The Kier molecular flexibility index (Phi) is 4.07. The molecule has 8 heteroatoms. The second-order valence-electron chi connectivity index (χ2n) is 4.83. The first-order chi connectivity index (χ1) is 11.0. The number of nitro groups is 1. The molecule has 0 aliphatic heterocycles. The summed E-state index contributed by atoms with van der Waals surface area (Å²) in [5.41, 5.74) is 1.82. The maximum atomic E-state index is 12.0. The molecule has 0 aliphatic carbocycles. The molecule has 2 aromatic heterocycles. The molecule has 1 amide bonds. The quantitative estimate of drug-likeness (QED) is 0.561. The summed E-state index contributed by atoms with van der Waals surface area (Å²) in [7, 11) is 0. The summed E-state index contributed by atoms with van der Waals surface area (Å²) in [6.07, 6.45) is 3.71. The van der Waals surface area contributed by atoms with Gasteiger partial charge in [0, 0.05) is 34.6 Å². The Bertz CT molecular complexity index is 889. The fourth-order valence-electron chi connectivity index (χ4n) is 2.11. The van der Waals surface area contributed by atoms with E-state index in [9.17, 15) is 14.9 Å². The van der Waals surface area contributed by atoms with Gasteiger partial charge in [-0.2, -0.15) is 0 Å². The number of nitrogens with one attached hydrogen (secondary N) is 1. The topological polar surface area (TPSA) is 89.5 Å². The van der Waals surface area contributed by atoms with Gasteiger partial charge in [-0.3, -0.25) is 14.9 Å². The van der Waals surface area contributed by atoms with Gasteiger partial charge >= 0.3 is 0 Å². The molecule has 1 N–H and O–H groups in total. The van der Waals surface area contributed by atoms with E-state index in [1.54, 1.807) is 0 Å². The fourth-order valence-corrected chi connectivity index (χ4v) is 2.46. The number of carbonyl (C=O) groups excluding carboxylic acids is 1. The van der Waals surface area contributed by atoms with Gasteiger partial charge in [-0.15, -0.1) is 0 Å². The summed E-state index contributed by atoms with van der Waals surface area (Å²) in [6, 6.07) is 9.21. The number of hydrogen-bond donors (Lipinski definition) is 1. The van der Waals surface area contributed by atoms with E-state index in [2.05, 4.69) is 26.2 Å². The van der Waals surface area contributed by atoms with Crippen LogP contribution < -0.4 is 5.32 Å². The highest BCUT2D eigenvalue weighted by atomic mass is 79.9. The van der Waals surface area contributed by atoms with Crippen molar-refractivity contribution < 1.29 is 9.72 Å². The highest BCUT2D eigenvalue weighted by Crippen LogP contribution is 2.13. The number of nitrogens with zero attached hydrogens (tertiary/aromatic N) is 3. The summed E-state index contributed by atoms with van der Waals surface area (Å²) >= 11 is 3.38. The number of non-ortho nitro benzene ring substituents is 1. The minimum absolute atomic E-state index is 0.0486. The number of fused-ring (bicyclic) bond motifs is 1. The average molecular weight is 375 g/mol. The van der Waals surface area contributed by atoms with Crippen LogP contribution >= 0.6 is 15.9 Å². The molecule has 0 atom stereocenters. The first kappa shape index (κ1) is 15.2. The number of aromatic nitrogens is 2. The number of halogens is 1. The predicted molar refractivity (Wildman–Crippen MR) is 87.2 cm³/mol. The Morgan fingerprint density at radius 2 is 1.96 bits per heavy atom. The van der Waals surface area contributed by atoms with E-state index in [-0.39, 0.29) is 18.1 Å². The predicted octanol–water partition coefficient (Wildman–Crippen LogP) is 2.94. The molecule has 0 radical (unpaired) electrons. The van der Waals surface area contributed by atoms with E-state index in [0.29, 0.717) is 5.56 Å². The molecule has 7 nitrogen and oxygen atoms in total. The minimum atomic E-state index is -0.503. The maximum absolute atomic E-state index is 12.0. The molecule has 1 aromatic carbocycles. The van der Waals surface area contributed by atoms with E-state index in [4.69, 9.17) is 0 Å². The third kappa shape index (κ3) is 3.37. The highest BCUT2D eigenvalue weighted by Gasteiger charge is 2.10. The molecule has 0 saturated carbocycles. The van der Waals surface area contributed by atoms with Gasteiger partial charge < -0.3 is 9.72 Å². The fraction of sp³-hybridized carbons (Fsp3) is 0.0667. The Morgan fingerprint density at radius 3 is 2.65 bits per heavy atom. The Hall–Kier alpha value is -2.74. The molecule has 0 bridgehead atoms. The zero-order valence-corrected chi connectivity index (χ0v) is 13.4. The summed E-state index contributed by atoms with van der Waals surface area (Å²) < 4.78 is 2.79. The molecule has 0 fully saturated rings. The number of hydrogen-bond acceptors (Lipinski definition) is 4. The van der Waals surface area contributed by atoms with Crippen molar-refractivity contribution in [2.45, 2.75) is 6.54 Å². The first-order valence-corrected chi connectivity index (χ1v) is 7.48. The Balaban J connectivity index is 1.68. The summed E-state index contributed by atoms with van der Waals surface area (Å²) in [6.45, 7) is 0.273. The van der Waals surface area contributed by atoms with Gasteiger partial charge in [-0.05, 0) is 40.2 Å². The molecule has 3 aromatic rings. The van der Waals surface area contributed by atoms with Gasteiger partial charge in [0.2, 0.25) is 0 Å². The third-order valence-electron chi connectivity index (χ3n) is 3.24. The van der Waals surface area contributed by atoms with E-state index in [1.165, 1.54) is 24.3 Å². The normalized spacial score (nSPS) is 10.7. The van der Waals surface area contributed by atoms with Crippen LogP contribution in [-0.2, 0) is 6.54 Å². The van der Waals surface area contributed by atoms with Crippen LogP contribution in [0.5, 0.6) is 0 Å². The van der Waals surface area contributed by atoms with Gasteiger partial charge in [0.05, 0.1) is 17.2 Å². The van der Waals surface area contributed by atoms with Gasteiger partial charge in [-0.1, -0.05) is 0 Å². The van der Waals surface area contributed by atoms with Gasteiger partial charge in [0.15, 0.2) is 0 Å². The number of nitro benzene ring substituents is 1. The second-order valence-corrected chi connectivity index (χ2v) is 5.75. The highest BCUT2D eigenvalue weighted by molar-refractivity contribution is 9.10. The lowest BCUT2D eigenvalue weighted by molar-refractivity contribution is -0.384. The average Bonchev–Trinajstić information content (AvgIpc) is 2.94. The molecule has 0 saturated heterocycles. The second kappa shape index (κ2) is 6.17.